The van der Waals surface area contributed by atoms with Crippen LogP contribution in [-0.2, 0) is 4.74 Å². The van der Waals surface area contributed by atoms with E-state index >= 15 is 0 Å². The van der Waals surface area contributed by atoms with E-state index in [1.54, 1.807) is 0 Å². The van der Waals surface area contributed by atoms with Gasteiger partial charge in [-0.25, -0.2) is 0 Å². The van der Waals surface area contributed by atoms with Crippen LogP contribution in [0.5, 0.6) is 0 Å². The average molecular weight is 348 g/mol. The Bertz CT molecular complexity index is 517. The summed E-state index contributed by atoms with van der Waals surface area (Å²) in [5.74, 6) is 0. The van der Waals surface area contributed by atoms with Gasteiger partial charge in [-0.3, -0.25) is 9.80 Å². The summed E-state index contributed by atoms with van der Waals surface area (Å²) in [7, 11) is 0. The number of nitrogens with one attached hydrogen (secondary N) is 1. The molecule has 2 aliphatic heterocycles. The van der Waals surface area contributed by atoms with E-state index < -0.39 is 5.60 Å². The van der Waals surface area contributed by atoms with Crippen molar-refractivity contribution >= 4 is 0 Å². The number of ether oxygens (including phenoxy) is 1. The number of hydrogen-bond donors (Lipinski definition) is 2. The van der Waals surface area contributed by atoms with Gasteiger partial charge in [-0.1, -0.05) is 30.3 Å². The third-order valence-electron chi connectivity index (χ3n) is 5.49. The van der Waals surface area contributed by atoms with Crippen molar-refractivity contribution in [3.63, 3.8) is 0 Å². The van der Waals surface area contributed by atoms with Crippen molar-refractivity contribution in [3.05, 3.63) is 35.9 Å². The summed E-state index contributed by atoms with van der Waals surface area (Å²) in [5.41, 5.74) is 0.679. The van der Waals surface area contributed by atoms with Gasteiger partial charge in [0, 0.05) is 51.4 Å². The van der Waals surface area contributed by atoms with Crippen LogP contribution in [0.15, 0.2) is 30.3 Å². The summed E-state index contributed by atoms with van der Waals surface area (Å²) in [6.45, 7) is 11.1. The van der Waals surface area contributed by atoms with Crippen LogP contribution >= 0.6 is 0 Å². The van der Waals surface area contributed by atoms with Gasteiger partial charge in [0.1, 0.15) is 0 Å². The number of rotatable bonds is 7. The molecule has 2 saturated heterocycles. The number of morpholine rings is 1. The highest BCUT2D eigenvalue weighted by Crippen LogP contribution is 2.24. The molecule has 5 heteroatoms. The van der Waals surface area contributed by atoms with E-state index in [0.29, 0.717) is 25.2 Å². The lowest BCUT2D eigenvalue weighted by atomic mass is 10.1. The van der Waals surface area contributed by atoms with Gasteiger partial charge in [0.25, 0.3) is 0 Å². The second-order valence-electron chi connectivity index (χ2n) is 7.83. The zero-order chi connectivity index (χ0) is 17.7. The van der Waals surface area contributed by atoms with Gasteiger partial charge in [0.15, 0.2) is 0 Å². The standard InChI is InChI=1S/C20H33N3O2/c1-17(18-6-4-3-5-7-18)23-9-8-19(14-23)21-15-20(2,24)16-22-10-12-25-13-11-22/h3-7,17,19,21,24H,8-16H2,1-2H3/t17-,19-,20-/m1/s1. The van der Waals surface area contributed by atoms with Crippen molar-refractivity contribution in [3.8, 4) is 0 Å². The molecule has 2 N–H and O–H groups in total. The molecule has 0 amide bonds. The van der Waals surface area contributed by atoms with Gasteiger partial charge in [-0.05, 0) is 25.8 Å². The minimum Gasteiger partial charge on any atom is -0.388 e. The normalized spacial score (nSPS) is 26.4. The molecular formula is C20H33N3O2. The molecule has 0 saturated carbocycles. The Kier molecular flexibility index (Phi) is 6.47. The molecule has 140 valence electrons. The number of β-amino-alcohol motifs (C(OH)–C–C–N with tert-alkyl or cyclic N) is 1. The highest BCUT2D eigenvalue weighted by atomic mass is 16.5. The van der Waals surface area contributed by atoms with E-state index in [9.17, 15) is 5.11 Å². The van der Waals surface area contributed by atoms with Gasteiger partial charge in [0.2, 0.25) is 0 Å². The molecule has 0 aliphatic carbocycles. The monoisotopic (exact) mass is 347 g/mol. The Morgan fingerprint density at radius 2 is 1.96 bits per heavy atom. The van der Waals surface area contributed by atoms with Crippen molar-refractivity contribution in [1.82, 2.24) is 15.1 Å². The third-order valence-corrected chi connectivity index (χ3v) is 5.49. The Morgan fingerprint density at radius 3 is 2.68 bits per heavy atom. The second kappa shape index (κ2) is 8.60. The molecule has 0 aromatic heterocycles. The molecule has 2 heterocycles. The highest BCUT2D eigenvalue weighted by molar-refractivity contribution is 5.18. The van der Waals surface area contributed by atoms with Crippen LogP contribution in [0.3, 0.4) is 0 Å². The Hall–Kier alpha value is -0.980. The number of nitrogens with zero attached hydrogens (tertiary/aromatic N) is 2. The van der Waals surface area contributed by atoms with Crippen LogP contribution in [0.25, 0.3) is 0 Å². The first-order valence-electron chi connectivity index (χ1n) is 9.58. The van der Waals surface area contributed by atoms with E-state index in [-0.39, 0.29) is 0 Å². The zero-order valence-electron chi connectivity index (χ0n) is 15.7. The predicted octanol–water partition coefficient (Wildman–Crippen LogP) is 1.49. The smallest absolute Gasteiger partial charge is 0.0869 e. The zero-order valence-corrected chi connectivity index (χ0v) is 15.7. The van der Waals surface area contributed by atoms with Crippen LogP contribution in [0, 0.1) is 0 Å². The van der Waals surface area contributed by atoms with Gasteiger partial charge >= 0.3 is 0 Å². The van der Waals surface area contributed by atoms with Crippen LogP contribution < -0.4 is 5.32 Å². The van der Waals surface area contributed by atoms with E-state index in [1.165, 1.54) is 5.56 Å². The molecule has 1 aromatic rings. The molecule has 3 atom stereocenters. The lowest BCUT2D eigenvalue weighted by Crippen LogP contribution is -2.52. The Balaban J connectivity index is 1.43. The number of hydrogen-bond acceptors (Lipinski definition) is 5. The molecule has 2 fully saturated rings. The summed E-state index contributed by atoms with van der Waals surface area (Å²) in [6, 6.07) is 11.6. The van der Waals surface area contributed by atoms with Gasteiger partial charge in [0.05, 0.1) is 18.8 Å². The summed E-state index contributed by atoms with van der Waals surface area (Å²) >= 11 is 0. The van der Waals surface area contributed by atoms with Crippen molar-refractivity contribution in [2.45, 2.75) is 38.0 Å². The van der Waals surface area contributed by atoms with E-state index in [1.807, 2.05) is 6.92 Å². The molecule has 3 rings (SSSR count). The van der Waals surface area contributed by atoms with E-state index in [0.717, 1.165) is 45.8 Å². The first-order chi connectivity index (χ1) is 12.0. The molecular weight excluding hydrogens is 314 g/mol. The molecule has 5 nitrogen and oxygen atoms in total. The molecule has 1 aromatic carbocycles. The first kappa shape index (κ1) is 18.8. The molecule has 0 spiro atoms. The number of aliphatic hydroxyl groups is 1. The predicted molar refractivity (Wildman–Crippen MR) is 101 cm³/mol. The number of likely N-dealkylation sites (tertiary alicyclic amines) is 1. The fourth-order valence-corrected chi connectivity index (χ4v) is 3.91. The van der Waals surface area contributed by atoms with Crippen molar-refractivity contribution < 1.29 is 9.84 Å². The summed E-state index contributed by atoms with van der Waals surface area (Å²) in [4.78, 5) is 4.83. The Morgan fingerprint density at radius 1 is 1.24 bits per heavy atom. The lowest BCUT2D eigenvalue weighted by molar-refractivity contribution is -0.0227. The maximum absolute atomic E-state index is 10.7. The van der Waals surface area contributed by atoms with Crippen LogP contribution in [0.1, 0.15) is 31.9 Å². The van der Waals surface area contributed by atoms with Crippen molar-refractivity contribution in [2.24, 2.45) is 0 Å². The SMILES string of the molecule is C[C@H](c1ccccc1)N1CC[C@@H](NC[C@@](C)(O)CN2CCOCC2)C1. The molecule has 0 bridgehead atoms. The highest BCUT2D eigenvalue weighted by Gasteiger charge is 2.30. The van der Waals surface area contributed by atoms with Gasteiger partial charge < -0.3 is 15.2 Å². The first-order valence-corrected chi connectivity index (χ1v) is 9.58. The second-order valence-corrected chi connectivity index (χ2v) is 7.83. The minimum absolute atomic E-state index is 0.446. The van der Waals surface area contributed by atoms with Crippen LogP contribution in [0.4, 0.5) is 0 Å². The van der Waals surface area contributed by atoms with Crippen molar-refractivity contribution in [2.75, 3.05) is 52.5 Å². The summed E-state index contributed by atoms with van der Waals surface area (Å²) in [5, 5.41) is 14.3. The summed E-state index contributed by atoms with van der Waals surface area (Å²) in [6.07, 6.45) is 1.14. The molecule has 0 unspecified atom stereocenters. The van der Waals surface area contributed by atoms with Gasteiger partial charge in [-0.2, -0.15) is 0 Å². The fraction of sp³-hybridized carbons (Fsp3) is 0.700. The molecule has 25 heavy (non-hydrogen) atoms. The lowest BCUT2D eigenvalue weighted by Gasteiger charge is -2.34. The van der Waals surface area contributed by atoms with Crippen LogP contribution in [-0.4, -0.2) is 79.0 Å². The molecule has 0 radical (unpaired) electrons. The topological polar surface area (TPSA) is 48.0 Å². The maximum Gasteiger partial charge on any atom is 0.0869 e. The third kappa shape index (κ3) is 5.50. The largest absolute Gasteiger partial charge is 0.388 e. The van der Waals surface area contributed by atoms with E-state index in [4.69, 9.17) is 4.74 Å². The number of benzene rings is 1. The quantitative estimate of drug-likeness (QED) is 0.783. The van der Waals surface area contributed by atoms with Crippen LogP contribution in [0.2, 0.25) is 0 Å². The molecule has 2 aliphatic rings. The van der Waals surface area contributed by atoms with E-state index in [2.05, 4.69) is 52.4 Å². The maximum atomic E-state index is 10.7. The fourth-order valence-electron chi connectivity index (χ4n) is 3.91. The van der Waals surface area contributed by atoms with Crippen molar-refractivity contribution in [1.29, 1.82) is 0 Å². The van der Waals surface area contributed by atoms with Gasteiger partial charge in [-0.15, -0.1) is 0 Å². The average Bonchev–Trinajstić information content (AvgIpc) is 3.10. The Labute approximate surface area is 152 Å². The minimum atomic E-state index is -0.699. The summed E-state index contributed by atoms with van der Waals surface area (Å²) < 4.78 is 5.38.